The highest BCUT2D eigenvalue weighted by Gasteiger charge is 2.18. The first kappa shape index (κ1) is 19.8. The first-order valence-corrected chi connectivity index (χ1v) is 8.82. The molecule has 3 aromatic rings. The number of pyridine rings is 1. The number of nitrogens with two attached hydrogens (primary N) is 1. The second-order valence-electron chi connectivity index (χ2n) is 6.60. The Kier molecular flexibility index (Phi) is 5.93. The Morgan fingerprint density at radius 2 is 1.93 bits per heavy atom. The van der Waals surface area contributed by atoms with Crippen LogP contribution in [0.25, 0.3) is 11.0 Å². The third-order valence-electron chi connectivity index (χ3n) is 4.32. The van der Waals surface area contributed by atoms with Gasteiger partial charge in [-0.15, -0.1) is 0 Å². The van der Waals surface area contributed by atoms with Crippen LogP contribution in [0.2, 0.25) is 0 Å². The summed E-state index contributed by atoms with van der Waals surface area (Å²) in [6.45, 7) is 3.48. The van der Waals surface area contributed by atoms with Gasteiger partial charge in [-0.3, -0.25) is 4.79 Å². The van der Waals surface area contributed by atoms with Crippen molar-refractivity contribution in [1.82, 2.24) is 15.0 Å². The molecule has 6 nitrogen and oxygen atoms in total. The summed E-state index contributed by atoms with van der Waals surface area (Å²) in [5.74, 6) is -1.55. The van der Waals surface area contributed by atoms with Gasteiger partial charge in [-0.25, -0.2) is 23.1 Å². The quantitative estimate of drug-likeness (QED) is 0.623. The Hall–Kier alpha value is -2.94. The van der Waals surface area contributed by atoms with Crippen LogP contribution < -0.4 is 16.2 Å². The number of benzene rings is 1. The van der Waals surface area contributed by atoms with Crippen LogP contribution in [-0.2, 0) is 0 Å². The topological polar surface area (TPSA) is 87.9 Å². The number of aromatic nitrogens is 3. The molecule has 1 aliphatic heterocycles. The van der Waals surface area contributed by atoms with Crippen molar-refractivity contribution in [2.24, 2.45) is 5.73 Å². The fraction of sp³-hybridized carbons (Fsp3) is 0.316. The highest BCUT2D eigenvalue weighted by molar-refractivity contribution is 5.75. The van der Waals surface area contributed by atoms with E-state index in [0.29, 0.717) is 22.9 Å². The molecule has 0 saturated carbocycles. The van der Waals surface area contributed by atoms with Crippen LogP contribution in [0.4, 0.5) is 19.0 Å². The zero-order chi connectivity index (χ0) is 20.3. The summed E-state index contributed by atoms with van der Waals surface area (Å²) in [7, 11) is 0. The fourth-order valence-electron chi connectivity index (χ4n) is 3.00. The lowest BCUT2D eigenvalue weighted by Gasteiger charge is -2.31. The van der Waals surface area contributed by atoms with Gasteiger partial charge < -0.3 is 15.6 Å². The standard InChI is InChI=1S/C13H17N5O.C6H3F3/c1-8-15-10-4-5-11(17-12(10)13(19)16-8)18-6-2-3-9(14)7-18;7-4-1-2-5(8)6(9)3-4/h4-5,9H,2-3,6-7,14H2,1H3,(H,15,16,19);1-3H/t9-;/m1./s1. The Bertz CT molecular complexity index is 1040. The number of H-pyrrole nitrogens is 1. The van der Waals surface area contributed by atoms with Gasteiger partial charge in [0.2, 0.25) is 0 Å². The maximum Gasteiger partial charge on any atom is 0.277 e. The number of anilines is 1. The number of aryl methyl sites for hydroxylation is 1. The second-order valence-corrected chi connectivity index (χ2v) is 6.60. The lowest BCUT2D eigenvalue weighted by Crippen LogP contribution is -2.43. The van der Waals surface area contributed by atoms with E-state index in [4.69, 9.17) is 5.73 Å². The Morgan fingerprint density at radius 1 is 1.14 bits per heavy atom. The summed E-state index contributed by atoms with van der Waals surface area (Å²) in [6, 6.07) is 6.03. The van der Waals surface area contributed by atoms with Crippen molar-refractivity contribution in [2.45, 2.75) is 25.8 Å². The van der Waals surface area contributed by atoms with Gasteiger partial charge >= 0.3 is 0 Å². The molecule has 1 aliphatic rings. The van der Waals surface area contributed by atoms with Gasteiger partial charge in [0.1, 0.15) is 17.5 Å². The zero-order valence-electron chi connectivity index (χ0n) is 15.3. The molecule has 2 aromatic heterocycles. The van der Waals surface area contributed by atoms with Crippen LogP contribution >= 0.6 is 0 Å². The van der Waals surface area contributed by atoms with E-state index in [1.807, 2.05) is 12.1 Å². The number of aromatic amines is 1. The van der Waals surface area contributed by atoms with Crippen LogP contribution in [0, 0.1) is 24.4 Å². The number of halogens is 3. The Morgan fingerprint density at radius 3 is 2.61 bits per heavy atom. The van der Waals surface area contributed by atoms with E-state index < -0.39 is 17.5 Å². The molecule has 0 spiro atoms. The smallest absolute Gasteiger partial charge is 0.277 e. The Balaban J connectivity index is 0.000000211. The van der Waals surface area contributed by atoms with E-state index in [0.717, 1.165) is 43.9 Å². The maximum atomic E-state index is 12.0. The van der Waals surface area contributed by atoms with Crippen molar-refractivity contribution >= 4 is 16.9 Å². The largest absolute Gasteiger partial charge is 0.355 e. The summed E-state index contributed by atoms with van der Waals surface area (Å²) >= 11 is 0. The molecule has 3 N–H and O–H groups in total. The molecule has 3 heterocycles. The van der Waals surface area contributed by atoms with Gasteiger partial charge in [-0.2, -0.15) is 0 Å². The number of nitrogens with zero attached hydrogens (tertiary/aromatic N) is 3. The molecule has 0 bridgehead atoms. The third-order valence-corrected chi connectivity index (χ3v) is 4.32. The molecule has 0 radical (unpaired) electrons. The first-order chi connectivity index (χ1) is 13.3. The van der Waals surface area contributed by atoms with Crippen molar-refractivity contribution in [1.29, 1.82) is 0 Å². The second kappa shape index (κ2) is 8.39. The number of nitrogens with one attached hydrogen (secondary N) is 1. The van der Waals surface area contributed by atoms with Crippen LogP contribution in [-0.4, -0.2) is 34.1 Å². The molecule has 28 heavy (non-hydrogen) atoms. The highest BCUT2D eigenvalue weighted by atomic mass is 19.2. The van der Waals surface area contributed by atoms with Crippen molar-refractivity contribution < 1.29 is 13.2 Å². The van der Waals surface area contributed by atoms with Crippen LogP contribution in [0.5, 0.6) is 0 Å². The lowest BCUT2D eigenvalue weighted by atomic mass is 10.1. The molecule has 1 aromatic carbocycles. The molecular formula is C19H20F3N5O. The summed E-state index contributed by atoms with van der Waals surface area (Å²) in [5.41, 5.74) is 6.81. The van der Waals surface area contributed by atoms with Crippen LogP contribution in [0.3, 0.4) is 0 Å². The molecule has 0 amide bonds. The van der Waals surface area contributed by atoms with E-state index in [1.54, 1.807) is 6.92 Å². The number of hydrogen-bond donors (Lipinski definition) is 2. The van der Waals surface area contributed by atoms with Crippen LogP contribution in [0.1, 0.15) is 18.7 Å². The molecule has 0 unspecified atom stereocenters. The van der Waals surface area contributed by atoms with Gasteiger partial charge in [-0.1, -0.05) is 0 Å². The zero-order valence-corrected chi connectivity index (χ0v) is 15.3. The molecule has 1 atom stereocenters. The molecule has 1 fully saturated rings. The predicted molar refractivity (Wildman–Crippen MR) is 101 cm³/mol. The summed E-state index contributed by atoms with van der Waals surface area (Å²) in [4.78, 5) is 25.4. The average Bonchev–Trinajstić information content (AvgIpc) is 2.65. The first-order valence-electron chi connectivity index (χ1n) is 8.82. The van der Waals surface area contributed by atoms with Crippen molar-refractivity contribution in [3.8, 4) is 0 Å². The Labute approximate surface area is 159 Å². The van der Waals surface area contributed by atoms with E-state index in [-0.39, 0.29) is 11.6 Å². The number of fused-ring (bicyclic) bond motifs is 1. The van der Waals surface area contributed by atoms with Crippen molar-refractivity contribution in [3.05, 3.63) is 64.0 Å². The van der Waals surface area contributed by atoms with E-state index in [9.17, 15) is 18.0 Å². The highest BCUT2D eigenvalue weighted by Crippen LogP contribution is 2.18. The number of hydrogen-bond acceptors (Lipinski definition) is 5. The van der Waals surface area contributed by atoms with Gasteiger partial charge in [0.15, 0.2) is 17.2 Å². The van der Waals surface area contributed by atoms with Crippen LogP contribution in [0.15, 0.2) is 35.1 Å². The summed E-state index contributed by atoms with van der Waals surface area (Å²) < 4.78 is 35.9. The van der Waals surface area contributed by atoms with Crippen molar-refractivity contribution in [2.75, 3.05) is 18.0 Å². The number of piperidine rings is 1. The monoisotopic (exact) mass is 391 g/mol. The molecule has 4 rings (SSSR count). The SMILES string of the molecule is Cc1nc2ccc(N3CCC[C@@H](N)C3)nc2c(=O)[nH]1.Fc1ccc(F)c(F)c1. The van der Waals surface area contributed by atoms with Gasteiger partial charge in [0, 0.05) is 25.2 Å². The minimum absolute atomic E-state index is 0.181. The molecule has 148 valence electrons. The summed E-state index contributed by atoms with van der Waals surface area (Å²) in [5, 5.41) is 0. The normalized spacial score (nSPS) is 16.6. The number of rotatable bonds is 1. The molecular weight excluding hydrogens is 371 g/mol. The predicted octanol–water partition coefficient (Wildman–Crippen LogP) is 2.66. The lowest BCUT2D eigenvalue weighted by molar-refractivity contribution is 0.495. The van der Waals surface area contributed by atoms with E-state index >= 15 is 0 Å². The third kappa shape index (κ3) is 4.66. The molecule has 9 heteroatoms. The molecule has 1 saturated heterocycles. The van der Waals surface area contributed by atoms with Crippen molar-refractivity contribution in [3.63, 3.8) is 0 Å². The minimum atomic E-state index is -1.16. The van der Waals surface area contributed by atoms with E-state index in [1.165, 1.54) is 0 Å². The van der Waals surface area contributed by atoms with Gasteiger partial charge in [-0.05, 0) is 44.0 Å². The molecule has 0 aliphatic carbocycles. The summed E-state index contributed by atoms with van der Waals surface area (Å²) in [6.07, 6.45) is 2.11. The van der Waals surface area contributed by atoms with E-state index in [2.05, 4.69) is 19.9 Å². The maximum absolute atomic E-state index is 12.0. The van der Waals surface area contributed by atoms with Gasteiger partial charge in [0.25, 0.3) is 5.56 Å². The fourth-order valence-corrected chi connectivity index (χ4v) is 3.00. The average molecular weight is 391 g/mol. The minimum Gasteiger partial charge on any atom is -0.355 e. The van der Waals surface area contributed by atoms with Gasteiger partial charge in [0.05, 0.1) is 5.52 Å².